The summed E-state index contributed by atoms with van der Waals surface area (Å²) in [6.07, 6.45) is 3.33. The normalized spacial score (nSPS) is 23.8. The number of guanidine groups is 1. The number of hydrogen-bond donors (Lipinski definition) is 2. The third-order valence-corrected chi connectivity index (χ3v) is 3.86. The van der Waals surface area contributed by atoms with Crippen molar-refractivity contribution in [2.75, 3.05) is 38.8 Å². The summed E-state index contributed by atoms with van der Waals surface area (Å²) in [4.78, 5) is 4.04. The van der Waals surface area contributed by atoms with Gasteiger partial charge in [0.15, 0.2) is 5.96 Å². The molecule has 2 N–H and O–H groups in total. The highest BCUT2D eigenvalue weighted by Gasteiger charge is 2.29. The van der Waals surface area contributed by atoms with E-state index in [0.717, 1.165) is 19.4 Å². The fourth-order valence-electron chi connectivity index (χ4n) is 1.82. The molecule has 1 unspecified atom stereocenters. The summed E-state index contributed by atoms with van der Waals surface area (Å²) in [7, 11) is -1.28. The molecule has 8 heteroatoms. The molecule has 6 nitrogen and oxygen atoms in total. The van der Waals surface area contributed by atoms with Gasteiger partial charge in [0.05, 0.1) is 11.4 Å². The van der Waals surface area contributed by atoms with Crippen molar-refractivity contribution >= 4 is 39.8 Å². The van der Waals surface area contributed by atoms with Gasteiger partial charge >= 0.3 is 0 Å². The van der Waals surface area contributed by atoms with Crippen LogP contribution in [0.4, 0.5) is 0 Å². The van der Waals surface area contributed by atoms with Gasteiger partial charge in [0.25, 0.3) is 0 Å². The summed E-state index contributed by atoms with van der Waals surface area (Å²) >= 11 is 0. The topological polar surface area (TPSA) is 79.8 Å². The Morgan fingerprint density at radius 2 is 2.11 bits per heavy atom. The lowest BCUT2D eigenvalue weighted by Crippen LogP contribution is -2.46. The van der Waals surface area contributed by atoms with Crippen molar-refractivity contribution < 1.29 is 13.2 Å². The highest BCUT2D eigenvalue weighted by atomic mass is 127. The zero-order valence-electron chi connectivity index (χ0n) is 11.7. The van der Waals surface area contributed by atoms with Crippen LogP contribution in [-0.4, -0.2) is 58.7 Å². The number of nitrogens with one attached hydrogen (secondary N) is 2. The molecule has 0 radical (unpaired) electrons. The second-order valence-corrected chi connectivity index (χ2v) is 7.14. The molecule has 1 heterocycles. The van der Waals surface area contributed by atoms with Crippen molar-refractivity contribution in [2.24, 2.45) is 4.99 Å². The number of sulfone groups is 1. The Hall–Kier alpha value is -0.0900. The van der Waals surface area contributed by atoms with Crippen LogP contribution in [0.2, 0.25) is 0 Å². The summed E-state index contributed by atoms with van der Waals surface area (Å²) in [6, 6.07) is 0. The Labute approximate surface area is 132 Å². The van der Waals surface area contributed by atoms with Gasteiger partial charge in [-0.3, -0.25) is 4.99 Å². The van der Waals surface area contributed by atoms with E-state index in [0.29, 0.717) is 19.0 Å². The fourth-order valence-corrected chi connectivity index (χ4v) is 2.30. The number of hydrogen-bond acceptors (Lipinski definition) is 4. The second-order valence-electron chi connectivity index (χ2n) is 4.88. The number of ether oxygens (including phenoxy) is 1. The van der Waals surface area contributed by atoms with E-state index < -0.39 is 9.84 Å². The van der Waals surface area contributed by atoms with Crippen LogP contribution in [0.1, 0.15) is 19.8 Å². The smallest absolute Gasteiger partial charge is 0.191 e. The van der Waals surface area contributed by atoms with Crippen LogP contribution in [0.5, 0.6) is 0 Å². The molecule has 0 aliphatic carbocycles. The predicted octanol–water partition coefficient (Wildman–Crippen LogP) is 0.383. The van der Waals surface area contributed by atoms with Gasteiger partial charge in [0, 0.05) is 33.0 Å². The van der Waals surface area contributed by atoms with E-state index in [9.17, 15) is 8.42 Å². The zero-order valence-corrected chi connectivity index (χ0v) is 14.9. The Morgan fingerprint density at radius 1 is 1.42 bits per heavy atom. The highest BCUT2D eigenvalue weighted by Crippen LogP contribution is 2.23. The van der Waals surface area contributed by atoms with Crippen molar-refractivity contribution in [3.05, 3.63) is 0 Å². The molecule has 1 fully saturated rings. The third-order valence-electron chi connectivity index (χ3n) is 2.92. The van der Waals surface area contributed by atoms with Crippen molar-refractivity contribution in [2.45, 2.75) is 25.4 Å². The zero-order chi connectivity index (χ0) is 13.6. The molecule has 1 rings (SSSR count). The van der Waals surface area contributed by atoms with Gasteiger partial charge in [0.1, 0.15) is 9.84 Å². The Morgan fingerprint density at radius 3 is 2.58 bits per heavy atom. The molecule has 0 spiro atoms. The summed E-state index contributed by atoms with van der Waals surface area (Å²) in [5, 5.41) is 6.13. The lowest BCUT2D eigenvalue weighted by Gasteiger charge is -2.24. The molecule has 1 atom stereocenters. The van der Waals surface area contributed by atoms with E-state index in [1.165, 1.54) is 6.26 Å². The number of nitrogens with zero attached hydrogens (tertiary/aromatic N) is 1. The van der Waals surface area contributed by atoms with E-state index in [2.05, 4.69) is 22.5 Å². The van der Waals surface area contributed by atoms with Gasteiger partial charge in [-0.25, -0.2) is 8.42 Å². The van der Waals surface area contributed by atoms with Crippen molar-refractivity contribution in [1.29, 1.82) is 0 Å². The summed E-state index contributed by atoms with van der Waals surface area (Å²) in [6.45, 7) is 3.90. The minimum absolute atomic E-state index is 0. The summed E-state index contributed by atoms with van der Waals surface area (Å²) in [5.41, 5.74) is -0.144. The Balaban J connectivity index is 0.00000324. The van der Waals surface area contributed by atoms with Crippen molar-refractivity contribution in [3.63, 3.8) is 0 Å². The maximum Gasteiger partial charge on any atom is 0.191 e. The quantitative estimate of drug-likeness (QED) is 0.393. The first-order valence-corrected chi connectivity index (χ1v) is 8.17. The van der Waals surface area contributed by atoms with Crippen molar-refractivity contribution in [1.82, 2.24) is 10.6 Å². The van der Waals surface area contributed by atoms with Crippen LogP contribution < -0.4 is 10.6 Å². The van der Waals surface area contributed by atoms with Crippen LogP contribution in [0.15, 0.2) is 4.99 Å². The molecule has 1 aliphatic heterocycles. The van der Waals surface area contributed by atoms with E-state index in [-0.39, 0.29) is 35.3 Å². The molecule has 19 heavy (non-hydrogen) atoms. The molecule has 1 aliphatic rings. The molecule has 0 amide bonds. The van der Waals surface area contributed by atoms with Gasteiger partial charge in [-0.15, -0.1) is 24.0 Å². The number of aliphatic imine (C=N–C) groups is 1. The third kappa shape index (κ3) is 7.93. The molecule has 0 aromatic rings. The molecule has 114 valence electrons. The Kier molecular flexibility index (Phi) is 8.21. The maximum absolute atomic E-state index is 11.0. The first-order chi connectivity index (χ1) is 8.35. The van der Waals surface area contributed by atoms with E-state index in [4.69, 9.17) is 4.74 Å². The van der Waals surface area contributed by atoms with Gasteiger partial charge in [-0.1, -0.05) is 0 Å². The number of rotatable bonds is 5. The molecule has 0 aromatic carbocycles. The van der Waals surface area contributed by atoms with Crippen LogP contribution in [0, 0.1) is 0 Å². The lowest BCUT2D eigenvalue weighted by atomic mass is 10.0. The molecular formula is C11H24IN3O3S. The van der Waals surface area contributed by atoms with Gasteiger partial charge in [-0.05, 0) is 19.8 Å². The standard InChI is InChI=1S/C11H23N3O3S.HI/c1-11(5-4-7-17-11)9-14-10(12-2)13-6-8-18(3,15)16;/h4-9H2,1-3H3,(H2,12,13,14);1H. The van der Waals surface area contributed by atoms with Crippen LogP contribution in [-0.2, 0) is 14.6 Å². The summed E-state index contributed by atoms with van der Waals surface area (Å²) in [5.74, 6) is 0.706. The minimum atomic E-state index is -2.94. The lowest BCUT2D eigenvalue weighted by molar-refractivity contribution is 0.0243. The summed E-state index contributed by atoms with van der Waals surface area (Å²) < 4.78 is 27.7. The average Bonchev–Trinajstić information content (AvgIpc) is 2.69. The predicted molar refractivity (Wildman–Crippen MR) is 88.1 cm³/mol. The largest absolute Gasteiger partial charge is 0.373 e. The van der Waals surface area contributed by atoms with Crippen LogP contribution in [0.3, 0.4) is 0 Å². The minimum Gasteiger partial charge on any atom is -0.373 e. The Bertz CT molecular complexity index is 392. The van der Waals surface area contributed by atoms with Gasteiger partial charge in [-0.2, -0.15) is 0 Å². The second kappa shape index (κ2) is 8.25. The SMILES string of the molecule is CN=C(NCCS(C)(=O)=O)NCC1(C)CCCO1.I. The molecule has 0 aromatic heterocycles. The van der Waals surface area contributed by atoms with E-state index >= 15 is 0 Å². The van der Waals surface area contributed by atoms with E-state index in [1.54, 1.807) is 7.05 Å². The first kappa shape index (κ1) is 18.9. The molecule has 1 saturated heterocycles. The first-order valence-electron chi connectivity index (χ1n) is 6.11. The van der Waals surface area contributed by atoms with Gasteiger partial charge in [0.2, 0.25) is 0 Å². The van der Waals surface area contributed by atoms with Crippen LogP contribution in [0.25, 0.3) is 0 Å². The van der Waals surface area contributed by atoms with Crippen LogP contribution >= 0.6 is 24.0 Å². The van der Waals surface area contributed by atoms with Crippen molar-refractivity contribution in [3.8, 4) is 0 Å². The fraction of sp³-hybridized carbons (Fsp3) is 0.909. The molecule has 0 saturated carbocycles. The monoisotopic (exact) mass is 405 g/mol. The highest BCUT2D eigenvalue weighted by molar-refractivity contribution is 14.0. The van der Waals surface area contributed by atoms with Gasteiger partial charge < -0.3 is 15.4 Å². The molecule has 0 bridgehead atoms. The average molecular weight is 405 g/mol. The number of halogens is 1. The maximum atomic E-state index is 11.0. The molecular weight excluding hydrogens is 381 g/mol. The van der Waals surface area contributed by atoms with E-state index in [1.807, 2.05) is 0 Å².